The van der Waals surface area contributed by atoms with Gasteiger partial charge in [-0.25, -0.2) is 9.59 Å². The summed E-state index contributed by atoms with van der Waals surface area (Å²) >= 11 is 0. The molecule has 1 N–H and O–H groups in total. The van der Waals surface area contributed by atoms with Gasteiger partial charge in [0.05, 0.1) is 18.3 Å². The van der Waals surface area contributed by atoms with Gasteiger partial charge in [-0.1, -0.05) is 30.3 Å². The van der Waals surface area contributed by atoms with Crippen LogP contribution in [0.25, 0.3) is 22.4 Å². The van der Waals surface area contributed by atoms with Crippen molar-refractivity contribution in [2.75, 3.05) is 6.61 Å². The summed E-state index contributed by atoms with van der Waals surface area (Å²) in [6, 6.07) is 14.7. The van der Waals surface area contributed by atoms with Crippen molar-refractivity contribution in [3.05, 3.63) is 59.8 Å². The Labute approximate surface area is 162 Å². The molecule has 0 aliphatic carbocycles. The quantitative estimate of drug-likeness (QED) is 0.653. The van der Waals surface area contributed by atoms with E-state index in [2.05, 4.69) is 15.4 Å². The van der Waals surface area contributed by atoms with Crippen molar-refractivity contribution >= 4 is 11.9 Å². The van der Waals surface area contributed by atoms with Crippen molar-refractivity contribution < 1.29 is 19.1 Å². The third kappa shape index (κ3) is 4.25. The summed E-state index contributed by atoms with van der Waals surface area (Å²) in [5, 5.41) is 10.5. The Morgan fingerprint density at radius 3 is 2.36 bits per heavy atom. The largest absolute Gasteiger partial charge is 0.461 e. The zero-order valence-electron chi connectivity index (χ0n) is 15.9. The molecule has 0 fully saturated rings. The standard InChI is InChI=1S/C21H21N3O4/c1-4-27-21(26)19-18(22-24-23-19)16-9-5-7-14(11-16)15-8-6-10-17(12-15)20(25)28-13(2)3/h5-13H,4H2,1-3H3,(H,22,23,24). The number of rotatable bonds is 6. The number of hydrogen-bond donors (Lipinski definition) is 1. The van der Waals surface area contributed by atoms with Gasteiger partial charge in [0.15, 0.2) is 5.69 Å². The SMILES string of the molecule is CCOC(=O)c1n[nH]nc1-c1cccc(-c2cccc(C(=O)OC(C)C)c2)c1. The van der Waals surface area contributed by atoms with Gasteiger partial charge in [-0.2, -0.15) is 10.3 Å². The lowest BCUT2D eigenvalue weighted by Gasteiger charge is -2.10. The normalized spacial score (nSPS) is 10.7. The van der Waals surface area contributed by atoms with Gasteiger partial charge in [-0.15, -0.1) is 5.10 Å². The maximum absolute atomic E-state index is 12.2. The third-order valence-corrected chi connectivity index (χ3v) is 3.93. The van der Waals surface area contributed by atoms with E-state index in [9.17, 15) is 9.59 Å². The number of nitrogens with zero attached hydrogens (tertiary/aromatic N) is 2. The van der Waals surface area contributed by atoms with E-state index in [4.69, 9.17) is 9.47 Å². The molecule has 1 heterocycles. The van der Waals surface area contributed by atoms with E-state index in [1.54, 1.807) is 25.1 Å². The van der Waals surface area contributed by atoms with Crippen LogP contribution in [0.3, 0.4) is 0 Å². The van der Waals surface area contributed by atoms with E-state index in [0.717, 1.165) is 11.1 Å². The first-order chi connectivity index (χ1) is 13.5. The molecule has 0 radical (unpaired) electrons. The molecule has 0 aliphatic rings. The van der Waals surface area contributed by atoms with Gasteiger partial charge in [0, 0.05) is 5.56 Å². The van der Waals surface area contributed by atoms with E-state index in [0.29, 0.717) is 16.8 Å². The number of H-pyrrole nitrogens is 1. The summed E-state index contributed by atoms with van der Waals surface area (Å²) in [4.78, 5) is 24.2. The van der Waals surface area contributed by atoms with E-state index < -0.39 is 5.97 Å². The molecule has 0 saturated carbocycles. The van der Waals surface area contributed by atoms with Crippen LogP contribution in [0.1, 0.15) is 41.6 Å². The maximum Gasteiger partial charge on any atom is 0.361 e. The molecule has 3 aromatic rings. The predicted molar refractivity (Wildman–Crippen MR) is 104 cm³/mol. The molecular formula is C21H21N3O4. The Kier molecular flexibility index (Phi) is 5.84. The first-order valence-corrected chi connectivity index (χ1v) is 8.99. The van der Waals surface area contributed by atoms with Gasteiger partial charge in [0.25, 0.3) is 0 Å². The molecule has 0 saturated heterocycles. The van der Waals surface area contributed by atoms with Crippen molar-refractivity contribution in [2.24, 2.45) is 0 Å². The lowest BCUT2D eigenvalue weighted by molar-refractivity contribution is 0.0377. The molecule has 1 aromatic heterocycles. The smallest absolute Gasteiger partial charge is 0.361 e. The molecular weight excluding hydrogens is 358 g/mol. The van der Waals surface area contributed by atoms with Crippen LogP contribution in [0, 0.1) is 0 Å². The fraction of sp³-hybridized carbons (Fsp3) is 0.238. The van der Waals surface area contributed by atoms with E-state index in [1.807, 2.05) is 44.2 Å². The van der Waals surface area contributed by atoms with Crippen molar-refractivity contribution in [1.29, 1.82) is 0 Å². The minimum Gasteiger partial charge on any atom is -0.461 e. The zero-order valence-corrected chi connectivity index (χ0v) is 15.9. The van der Waals surface area contributed by atoms with Crippen LogP contribution < -0.4 is 0 Å². The average molecular weight is 379 g/mol. The Hall–Kier alpha value is -3.48. The summed E-state index contributed by atoms with van der Waals surface area (Å²) in [6.07, 6.45) is -0.187. The topological polar surface area (TPSA) is 94.2 Å². The highest BCUT2D eigenvalue weighted by Crippen LogP contribution is 2.27. The number of esters is 2. The Bertz CT molecular complexity index is 995. The van der Waals surface area contributed by atoms with Crippen LogP contribution in [0.5, 0.6) is 0 Å². The first-order valence-electron chi connectivity index (χ1n) is 8.99. The molecule has 0 spiro atoms. The Morgan fingerprint density at radius 2 is 1.64 bits per heavy atom. The fourth-order valence-electron chi connectivity index (χ4n) is 2.73. The summed E-state index contributed by atoms with van der Waals surface area (Å²) < 4.78 is 10.3. The molecule has 7 nitrogen and oxygen atoms in total. The van der Waals surface area contributed by atoms with Crippen molar-refractivity contribution in [2.45, 2.75) is 26.9 Å². The van der Waals surface area contributed by atoms with Crippen LogP contribution in [0.4, 0.5) is 0 Å². The summed E-state index contributed by atoms with van der Waals surface area (Å²) in [7, 11) is 0. The van der Waals surface area contributed by atoms with Gasteiger partial charge in [-0.3, -0.25) is 0 Å². The molecule has 3 rings (SSSR count). The van der Waals surface area contributed by atoms with Gasteiger partial charge in [-0.05, 0) is 50.1 Å². The molecule has 0 atom stereocenters. The fourth-order valence-corrected chi connectivity index (χ4v) is 2.73. The minimum absolute atomic E-state index is 0.133. The number of carbonyl (C=O) groups is 2. The molecule has 7 heteroatoms. The molecule has 2 aromatic carbocycles. The molecule has 0 bridgehead atoms. The van der Waals surface area contributed by atoms with Crippen molar-refractivity contribution in [3.8, 4) is 22.4 Å². The van der Waals surface area contributed by atoms with Crippen LogP contribution >= 0.6 is 0 Å². The van der Waals surface area contributed by atoms with E-state index in [1.165, 1.54) is 0 Å². The molecule has 0 amide bonds. The zero-order chi connectivity index (χ0) is 20.1. The second kappa shape index (κ2) is 8.47. The summed E-state index contributed by atoms with van der Waals surface area (Å²) in [5.74, 6) is -0.899. The lowest BCUT2D eigenvalue weighted by Crippen LogP contribution is -2.11. The van der Waals surface area contributed by atoms with Crippen LogP contribution in [-0.4, -0.2) is 40.1 Å². The first kappa shape index (κ1) is 19.3. The highest BCUT2D eigenvalue weighted by molar-refractivity contribution is 5.94. The van der Waals surface area contributed by atoms with Crippen LogP contribution in [-0.2, 0) is 9.47 Å². The van der Waals surface area contributed by atoms with Gasteiger partial charge in [0.1, 0.15) is 5.69 Å². The maximum atomic E-state index is 12.2. The van der Waals surface area contributed by atoms with Crippen LogP contribution in [0.15, 0.2) is 48.5 Å². The van der Waals surface area contributed by atoms with Crippen molar-refractivity contribution in [3.63, 3.8) is 0 Å². The monoisotopic (exact) mass is 379 g/mol. The number of aromatic amines is 1. The molecule has 0 aliphatic heterocycles. The minimum atomic E-state index is -0.532. The molecule has 0 unspecified atom stereocenters. The average Bonchev–Trinajstić information content (AvgIpc) is 3.18. The highest BCUT2D eigenvalue weighted by atomic mass is 16.5. The van der Waals surface area contributed by atoms with Gasteiger partial charge in [0.2, 0.25) is 0 Å². The number of hydrogen-bond acceptors (Lipinski definition) is 6. The lowest BCUT2D eigenvalue weighted by atomic mass is 9.99. The van der Waals surface area contributed by atoms with Gasteiger partial charge < -0.3 is 9.47 Å². The summed E-state index contributed by atoms with van der Waals surface area (Å²) in [6.45, 7) is 5.61. The van der Waals surface area contributed by atoms with E-state index >= 15 is 0 Å². The summed E-state index contributed by atoms with van der Waals surface area (Å²) in [5.41, 5.74) is 3.45. The Balaban J connectivity index is 1.94. The second-order valence-corrected chi connectivity index (χ2v) is 6.36. The van der Waals surface area contributed by atoms with Crippen molar-refractivity contribution in [1.82, 2.24) is 15.4 Å². The third-order valence-electron chi connectivity index (χ3n) is 3.93. The van der Waals surface area contributed by atoms with Gasteiger partial charge >= 0.3 is 11.9 Å². The van der Waals surface area contributed by atoms with Crippen LogP contribution in [0.2, 0.25) is 0 Å². The number of benzene rings is 2. The number of nitrogens with one attached hydrogen (secondary N) is 1. The number of carbonyl (C=O) groups excluding carboxylic acids is 2. The predicted octanol–water partition coefficient (Wildman–Crippen LogP) is 3.88. The Morgan fingerprint density at radius 1 is 0.964 bits per heavy atom. The molecule has 28 heavy (non-hydrogen) atoms. The van der Waals surface area contributed by atoms with E-state index in [-0.39, 0.29) is 24.4 Å². The number of ether oxygens (including phenoxy) is 2. The highest BCUT2D eigenvalue weighted by Gasteiger charge is 2.19. The second-order valence-electron chi connectivity index (χ2n) is 6.36. The molecule has 144 valence electrons. The number of aromatic nitrogens is 3.